The van der Waals surface area contributed by atoms with Gasteiger partial charge in [0.25, 0.3) is 0 Å². The Morgan fingerprint density at radius 3 is 2.06 bits per heavy atom. The highest BCUT2D eigenvalue weighted by atomic mass is 16.5. The molecule has 3 saturated carbocycles. The Labute approximate surface area is 198 Å². The summed E-state index contributed by atoms with van der Waals surface area (Å²) in [6, 6.07) is 2.61. The van der Waals surface area contributed by atoms with E-state index < -0.39 is 0 Å². The number of unbranched alkanes of at least 4 members (excludes halogenated alkanes) is 4. The lowest BCUT2D eigenvalue weighted by Gasteiger charge is -2.40. The topological polar surface area (TPSA) is 50.1 Å². The third kappa shape index (κ3) is 7.23. The SMILES string of the molecule is CCCCCCCC1CCC(C(=O)OC2CCC(C3CCC(C#N)(CC)CC3)CC2)CC1. The van der Waals surface area contributed by atoms with Gasteiger partial charge in [-0.3, -0.25) is 4.79 Å². The fraction of sp³-hybridized carbons (Fsp3) is 0.931. The van der Waals surface area contributed by atoms with E-state index >= 15 is 0 Å². The summed E-state index contributed by atoms with van der Waals surface area (Å²) in [5, 5.41) is 9.55. The van der Waals surface area contributed by atoms with Crippen LogP contribution >= 0.6 is 0 Å². The highest BCUT2D eigenvalue weighted by Gasteiger charge is 2.38. The second-order valence-electron chi connectivity index (χ2n) is 11.5. The fourth-order valence-electron chi connectivity index (χ4n) is 6.87. The monoisotopic (exact) mass is 443 g/mol. The van der Waals surface area contributed by atoms with Crippen molar-refractivity contribution in [2.75, 3.05) is 0 Å². The van der Waals surface area contributed by atoms with Gasteiger partial charge in [0.05, 0.1) is 17.4 Å². The number of nitriles is 1. The average molecular weight is 444 g/mol. The van der Waals surface area contributed by atoms with Gasteiger partial charge >= 0.3 is 5.97 Å². The summed E-state index contributed by atoms with van der Waals surface area (Å²) in [7, 11) is 0. The molecule has 0 saturated heterocycles. The van der Waals surface area contributed by atoms with Gasteiger partial charge in [-0.1, -0.05) is 52.4 Å². The molecule has 0 aromatic heterocycles. The number of esters is 1. The summed E-state index contributed by atoms with van der Waals surface area (Å²) in [4.78, 5) is 12.8. The molecule has 0 bridgehead atoms. The highest BCUT2D eigenvalue weighted by Crippen LogP contribution is 2.46. The van der Waals surface area contributed by atoms with Gasteiger partial charge in [-0.2, -0.15) is 5.26 Å². The Morgan fingerprint density at radius 1 is 0.844 bits per heavy atom. The van der Waals surface area contributed by atoms with Gasteiger partial charge in [-0.05, 0) is 101 Å². The molecule has 0 heterocycles. The summed E-state index contributed by atoms with van der Waals surface area (Å²) >= 11 is 0. The summed E-state index contributed by atoms with van der Waals surface area (Å²) in [6.07, 6.45) is 23.1. The number of ether oxygens (including phenoxy) is 1. The predicted octanol–water partition coefficient (Wildman–Crippen LogP) is 8.37. The van der Waals surface area contributed by atoms with Crippen molar-refractivity contribution in [3.05, 3.63) is 0 Å². The molecular weight excluding hydrogens is 394 g/mol. The molecule has 0 aliphatic heterocycles. The second-order valence-corrected chi connectivity index (χ2v) is 11.5. The van der Waals surface area contributed by atoms with Crippen molar-refractivity contribution in [2.24, 2.45) is 29.1 Å². The number of hydrogen-bond acceptors (Lipinski definition) is 3. The summed E-state index contributed by atoms with van der Waals surface area (Å²) in [6.45, 7) is 4.44. The van der Waals surface area contributed by atoms with Crippen LogP contribution in [0.15, 0.2) is 0 Å². The van der Waals surface area contributed by atoms with E-state index in [1.165, 1.54) is 77.0 Å². The molecule has 182 valence electrons. The van der Waals surface area contributed by atoms with Crippen LogP contribution in [0.4, 0.5) is 0 Å². The highest BCUT2D eigenvalue weighted by molar-refractivity contribution is 5.72. The Kier molecular flexibility index (Phi) is 10.4. The maximum absolute atomic E-state index is 12.8. The molecule has 0 N–H and O–H groups in total. The van der Waals surface area contributed by atoms with Crippen molar-refractivity contribution in [1.82, 2.24) is 0 Å². The van der Waals surface area contributed by atoms with Crippen molar-refractivity contribution in [3.8, 4) is 6.07 Å². The Morgan fingerprint density at radius 2 is 1.47 bits per heavy atom. The van der Waals surface area contributed by atoms with Crippen molar-refractivity contribution in [2.45, 2.75) is 142 Å². The Bertz CT molecular complexity index is 585. The number of nitrogens with zero attached hydrogens (tertiary/aromatic N) is 1. The zero-order valence-electron chi connectivity index (χ0n) is 21.1. The molecule has 3 heteroatoms. The van der Waals surface area contributed by atoms with E-state index in [9.17, 15) is 10.1 Å². The van der Waals surface area contributed by atoms with E-state index in [4.69, 9.17) is 4.74 Å². The summed E-state index contributed by atoms with van der Waals surface area (Å²) in [5.41, 5.74) is -0.0444. The van der Waals surface area contributed by atoms with Gasteiger partial charge in [0.15, 0.2) is 0 Å². The maximum atomic E-state index is 12.8. The summed E-state index contributed by atoms with van der Waals surface area (Å²) < 4.78 is 6.01. The van der Waals surface area contributed by atoms with Gasteiger partial charge < -0.3 is 4.74 Å². The third-order valence-electron chi connectivity index (χ3n) is 9.47. The predicted molar refractivity (Wildman–Crippen MR) is 131 cm³/mol. The molecule has 0 spiro atoms. The van der Waals surface area contributed by atoms with Crippen LogP contribution < -0.4 is 0 Å². The standard InChI is InChI=1S/C29H49NO2/c1-3-5-6-7-8-9-23-10-12-26(13-11-23)28(31)32-27-16-14-24(15-17-27)25-18-20-29(4-2,22-30)21-19-25/h23-27H,3-21H2,1-2H3. The van der Waals surface area contributed by atoms with Crippen LogP contribution in [0.5, 0.6) is 0 Å². The fourth-order valence-corrected chi connectivity index (χ4v) is 6.87. The van der Waals surface area contributed by atoms with Crippen molar-refractivity contribution >= 4 is 5.97 Å². The van der Waals surface area contributed by atoms with Crippen LogP contribution in [0.2, 0.25) is 0 Å². The van der Waals surface area contributed by atoms with Crippen molar-refractivity contribution in [3.63, 3.8) is 0 Å². The van der Waals surface area contributed by atoms with E-state index in [0.29, 0.717) is 0 Å². The van der Waals surface area contributed by atoms with Crippen LogP contribution in [0.1, 0.15) is 136 Å². The summed E-state index contributed by atoms with van der Waals surface area (Å²) in [5.74, 6) is 2.69. The molecule has 3 nitrogen and oxygen atoms in total. The van der Waals surface area contributed by atoms with Gasteiger partial charge in [0.2, 0.25) is 0 Å². The zero-order chi connectivity index (χ0) is 22.8. The number of carbonyl (C=O) groups excluding carboxylic acids is 1. The molecular formula is C29H49NO2. The quantitative estimate of drug-likeness (QED) is 0.252. The Balaban J connectivity index is 1.30. The molecule has 3 fully saturated rings. The van der Waals surface area contributed by atoms with Crippen LogP contribution in [0.25, 0.3) is 0 Å². The minimum atomic E-state index is -0.0444. The van der Waals surface area contributed by atoms with Crippen LogP contribution in [0.3, 0.4) is 0 Å². The lowest BCUT2D eigenvalue weighted by molar-refractivity contribution is -0.157. The first-order valence-corrected chi connectivity index (χ1v) is 14.2. The van der Waals surface area contributed by atoms with E-state index in [1.54, 1.807) is 0 Å². The molecule has 0 amide bonds. The van der Waals surface area contributed by atoms with E-state index in [0.717, 1.165) is 62.7 Å². The first kappa shape index (κ1) is 25.6. The molecule has 32 heavy (non-hydrogen) atoms. The van der Waals surface area contributed by atoms with Crippen molar-refractivity contribution < 1.29 is 9.53 Å². The molecule has 0 aromatic rings. The van der Waals surface area contributed by atoms with Gasteiger partial charge in [-0.25, -0.2) is 0 Å². The zero-order valence-corrected chi connectivity index (χ0v) is 21.1. The van der Waals surface area contributed by atoms with E-state index in [2.05, 4.69) is 19.9 Å². The Hall–Kier alpha value is -1.04. The number of rotatable bonds is 10. The average Bonchev–Trinajstić information content (AvgIpc) is 2.85. The first-order chi connectivity index (χ1) is 15.6. The van der Waals surface area contributed by atoms with Crippen LogP contribution in [-0.2, 0) is 9.53 Å². The molecule has 3 rings (SSSR count). The van der Waals surface area contributed by atoms with E-state index in [-0.39, 0.29) is 23.4 Å². The normalized spacial score (nSPS) is 35.7. The molecule has 0 radical (unpaired) electrons. The van der Waals surface area contributed by atoms with Gasteiger partial charge in [0, 0.05) is 0 Å². The van der Waals surface area contributed by atoms with Crippen LogP contribution in [0, 0.1) is 40.4 Å². The molecule has 0 unspecified atom stereocenters. The van der Waals surface area contributed by atoms with Gasteiger partial charge in [-0.15, -0.1) is 0 Å². The lowest BCUT2D eigenvalue weighted by atomic mass is 9.65. The third-order valence-corrected chi connectivity index (χ3v) is 9.47. The molecule has 0 atom stereocenters. The second kappa shape index (κ2) is 13.0. The molecule has 3 aliphatic rings. The minimum Gasteiger partial charge on any atom is -0.462 e. The smallest absolute Gasteiger partial charge is 0.309 e. The lowest BCUT2D eigenvalue weighted by Crippen LogP contribution is -2.33. The first-order valence-electron chi connectivity index (χ1n) is 14.2. The van der Waals surface area contributed by atoms with E-state index in [1.807, 2.05) is 0 Å². The van der Waals surface area contributed by atoms with Crippen molar-refractivity contribution in [1.29, 1.82) is 5.26 Å². The number of hydrogen-bond donors (Lipinski definition) is 0. The minimum absolute atomic E-state index is 0.0444. The molecule has 3 aliphatic carbocycles. The molecule has 0 aromatic carbocycles. The largest absolute Gasteiger partial charge is 0.462 e. The number of carbonyl (C=O) groups is 1. The maximum Gasteiger partial charge on any atom is 0.309 e. The van der Waals surface area contributed by atoms with Gasteiger partial charge in [0.1, 0.15) is 6.10 Å². The van der Waals surface area contributed by atoms with Crippen LogP contribution in [-0.4, -0.2) is 12.1 Å².